The van der Waals surface area contributed by atoms with Crippen LogP contribution in [-0.4, -0.2) is 12.9 Å². The zero-order valence-corrected chi connectivity index (χ0v) is 8.63. The highest BCUT2D eigenvalue weighted by Gasteiger charge is 2.04. The second-order valence-electron chi connectivity index (χ2n) is 3.36. The minimum absolute atomic E-state index is 0.233. The Morgan fingerprint density at radius 2 is 2.33 bits per heavy atom. The van der Waals surface area contributed by atoms with Crippen molar-refractivity contribution < 1.29 is 13.9 Å². The van der Waals surface area contributed by atoms with E-state index in [1.807, 2.05) is 6.92 Å². The monoisotopic (exact) mass is 208 g/mol. The molecule has 3 heteroatoms. The maximum Gasteiger partial charge on any atom is 0.153 e. The van der Waals surface area contributed by atoms with Gasteiger partial charge in [-0.15, -0.1) is 6.58 Å². The standard InChI is InChI=1S/C12H13FO2/c1-9(2)5-6-15-12-4-3-11(13)7-10(12)8-14/h3-4,7-8H,1,5-6H2,2H3. The first kappa shape index (κ1) is 11.4. The molecule has 80 valence electrons. The van der Waals surface area contributed by atoms with Crippen molar-refractivity contribution in [1.29, 1.82) is 0 Å². The van der Waals surface area contributed by atoms with E-state index in [-0.39, 0.29) is 5.56 Å². The molecule has 0 aliphatic heterocycles. The molecule has 2 nitrogen and oxygen atoms in total. The van der Waals surface area contributed by atoms with Crippen molar-refractivity contribution in [2.75, 3.05) is 6.61 Å². The van der Waals surface area contributed by atoms with Gasteiger partial charge in [0.1, 0.15) is 11.6 Å². The molecule has 15 heavy (non-hydrogen) atoms. The second-order valence-corrected chi connectivity index (χ2v) is 3.36. The van der Waals surface area contributed by atoms with Gasteiger partial charge in [0.05, 0.1) is 12.2 Å². The largest absolute Gasteiger partial charge is 0.493 e. The molecule has 0 saturated carbocycles. The van der Waals surface area contributed by atoms with Gasteiger partial charge in [-0.25, -0.2) is 4.39 Å². The molecule has 0 aliphatic carbocycles. The topological polar surface area (TPSA) is 26.3 Å². The van der Waals surface area contributed by atoms with E-state index in [4.69, 9.17) is 4.74 Å². The van der Waals surface area contributed by atoms with Crippen LogP contribution >= 0.6 is 0 Å². The van der Waals surface area contributed by atoms with Gasteiger partial charge < -0.3 is 4.74 Å². The van der Waals surface area contributed by atoms with Gasteiger partial charge in [-0.3, -0.25) is 4.79 Å². The van der Waals surface area contributed by atoms with Crippen LogP contribution in [-0.2, 0) is 0 Å². The Balaban J connectivity index is 2.67. The summed E-state index contributed by atoms with van der Waals surface area (Å²) in [5.41, 5.74) is 1.24. The van der Waals surface area contributed by atoms with Crippen molar-refractivity contribution in [3.05, 3.63) is 41.7 Å². The van der Waals surface area contributed by atoms with Gasteiger partial charge >= 0.3 is 0 Å². The zero-order chi connectivity index (χ0) is 11.3. The first-order valence-electron chi connectivity index (χ1n) is 4.65. The van der Waals surface area contributed by atoms with E-state index in [1.54, 1.807) is 0 Å². The Bertz CT molecular complexity index is 372. The number of carbonyl (C=O) groups is 1. The summed E-state index contributed by atoms with van der Waals surface area (Å²) in [5.74, 6) is -0.0306. The van der Waals surface area contributed by atoms with Crippen LogP contribution in [0.15, 0.2) is 30.4 Å². The Morgan fingerprint density at radius 1 is 1.60 bits per heavy atom. The maximum absolute atomic E-state index is 12.8. The molecule has 0 amide bonds. The number of aldehydes is 1. The molecule has 0 spiro atoms. The summed E-state index contributed by atoms with van der Waals surface area (Å²) < 4.78 is 18.1. The van der Waals surface area contributed by atoms with Crippen LogP contribution in [0.1, 0.15) is 23.7 Å². The minimum Gasteiger partial charge on any atom is -0.493 e. The summed E-state index contributed by atoms with van der Waals surface area (Å²) >= 11 is 0. The molecule has 0 unspecified atom stereocenters. The Hall–Kier alpha value is -1.64. The summed E-state index contributed by atoms with van der Waals surface area (Å²) in [5, 5.41) is 0. The third-order valence-electron chi connectivity index (χ3n) is 1.89. The van der Waals surface area contributed by atoms with E-state index in [2.05, 4.69) is 6.58 Å². The van der Waals surface area contributed by atoms with Gasteiger partial charge in [0.15, 0.2) is 6.29 Å². The van der Waals surface area contributed by atoms with E-state index in [1.165, 1.54) is 12.1 Å². The molecule has 1 aromatic carbocycles. The van der Waals surface area contributed by atoms with Crippen LogP contribution in [0.4, 0.5) is 4.39 Å². The van der Waals surface area contributed by atoms with Gasteiger partial charge in [-0.05, 0) is 25.1 Å². The van der Waals surface area contributed by atoms with Gasteiger partial charge in [-0.1, -0.05) is 5.57 Å². The lowest BCUT2D eigenvalue weighted by molar-refractivity contribution is 0.111. The number of ether oxygens (including phenoxy) is 1. The first-order chi connectivity index (χ1) is 7.13. The molecule has 0 saturated heterocycles. The molecule has 1 aromatic rings. The Morgan fingerprint density at radius 3 is 2.93 bits per heavy atom. The summed E-state index contributed by atoms with van der Waals surface area (Å²) in [4.78, 5) is 10.6. The lowest BCUT2D eigenvalue weighted by Gasteiger charge is -2.07. The molecule has 0 aromatic heterocycles. The quantitative estimate of drug-likeness (QED) is 0.549. The third-order valence-corrected chi connectivity index (χ3v) is 1.89. The van der Waals surface area contributed by atoms with Gasteiger partial charge in [-0.2, -0.15) is 0 Å². The third kappa shape index (κ3) is 3.54. The van der Waals surface area contributed by atoms with Crippen LogP contribution in [0.2, 0.25) is 0 Å². The normalized spacial score (nSPS) is 9.73. The highest BCUT2D eigenvalue weighted by Crippen LogP contribution is 2.18. The van der Waals surface area contributed by atoms with Crippen LogP contribution in [0.25, 0.3) is 0 Å². The van der Waals surface area contributed by atoms with Crippen LogP contribution in [0.3, 0.4) is 0 Å². The van der Waals surface area contributed by atoms with Crippen LogP contribution in [0.5, 0.6) is 5.75 Å². The highest BCUT2D eigenvalue weighted by molar-refractivity contribution is 5.79. The van der Waals surface area contributed by atoms with Crippen molar-refractivity contribution in [1.82, 2.24) is 0 Å². The fraction of sp³-hybridized carbons (Fsp3) is 0.250. The lowest BCUT2D eigenvalue weighted by Crippen LogP contribution is -2.00. The number of benzene rings is 1. The Labute approximate surface area is 88.4 Å². The predicted molar refractivity (Wildman–Crippen MR) is 56.7 cm³/mol. The average molecular weight is 208 g/mol. The second kappa shape index (κ2) is 5.29. The first-order valence-corrected chi connectivity index (χ1v) is 4.65. The van der Waals surface area contributed by atoms with Crippen LogP contribution in [0, 0.1) is 5.82 Å². The van der Waals surface area contributed by atoms with E-state index in [0.29, 0.717) is 18.6 Å². The molecule has 0 heterocycles. The summed E-state index contributed by atoms with van der Waals surface area (Å²) in [6.45, 7) is 6.08. The molecule has 0 atom stereocenters. The minimum atomic E-state index is -0.440. The van der Waals surface area contributed by atoms with E-state index < -0.39 is 5.82 Å². The molecular weight excluding hydrogens is 195 g/mol. The highest BCUT2D eigenvalue weighted by atomic mass is 19.1. The number of carbonyl (C=O) groups excluding carboxylic acids is 1. The van der Waals surface area contributed by atoms with Gasteiger partial charge in [0.25, 0.3) is 0 Å². The number of halogens is 1. The molecular formula is C12H13FO2. The fourth-order valence-electron chi connectivity index (χ4n) is 1.08. The maximum atomic E-state index is 12.8. The van der Waals surface area contributed by atoms with E-state index >= 15 is 0 Å². The smallest absolute Gasteiger partial charge is 0.153 e. The van der Waals surface area contributed by atoms with E-state index in [9.17, 15) is 9.18 Å². The molecule has 0 bridgehead atoms. The molecule has 0 aliphatic rings. The Kier molecular flexibility index (Phi) is 4.03. The summed E-state index contributed by atoms with van der Waals surface area (Å²) in [6.07, 6.45) is 1.30. The van der Waals surface area contributed by atoms with Gasteiger partial charge in [0, 0.05) is 6.42 Å². The average Bonchev–Trinajstić information content (AvgIpc) is 2.19. The van der Waals surface area contributed by atoms with Crippen molar-refractivity contribution in [2.24, 2.45) is 0 Å². The van der Waals surface area contributed by atoms with E-state index in [0.717, 1.165) is 18.1 Å². The summed E-state index contributed by atoms with van der Waals surface area (Å²) in [7, 11) is 0. The van der Waals surface area contributed by atoms with Crippen molar-refractivity contribution in [2.45, 2.75) is 13.3 Å². The lowest BCUT2D eigenvalue weighted by atomic mass is 10.2. The van der Waals surface area contributed by atoms with Crippen molar-refractivity contribution in [3.8, 4) is 5.75 Å². The predicted octanol–water partition coefficient (Wildman–Crippen LogP) is 2.98. The van der Waals surface area contributed by atoms with Crippen LogP contribution < -0.4 is 4.74 Å². The fourth-order valence-corrected chi connectivity index (χ4v) is 1.08. The van der Waals surface area contributed by atoms with Gasteiger partial charge in [0.2, 0.25) is 0 Å². The van der Waals surface area contributed by atoms with Crippen molar-refractivity contribution >= 4 is 6.29 Å². The number of hydrogen-bond acceptors (Lipinski definition) is 2. The number of hydrogen-bond donors (Lipinski definition) is 0. The van der Waals surface area contributed by atoms with Crippen molar-refractivity contribution in [3.63, 3.8) is 0 Å². The molecule has 0 fully saturated rings. The zero-order valence-electron chi connectivity index (χ0n) is 8.63. The molecule has 0 radical (unpaired) electrons. The summed E-state index contributed by atoms with van der Waals surface area (Å²) in [6, 6.07) is 3.88. The number of rotatable bonds is 5. The molecule has 1 rings (SSSR count). The SMILES string of the molecule is C=C(C)CCOc1ccc(F)cc1C=O. The molecule has 0 N–H and O–H groups in total.